The zero-order chi connectivity index (χ0) is 14.0. The first-order chi connectivity index (χ1) is 9.02. The summed E-state index contributed by atoms with van der Waals surface area (Å²) < 4.78 is 26.0. The van der Waals surface area contributed by atoms with E-state index in [0.29, 0.717) is 4.90 Å². The van der Waals surface area contributed by atoms with Gasteiger partial charge in [-0.1, -0.05) is 12.1 Å². The molecule has 0 aromatic heterocycles. The van der Waals surface area contributed by atoms with Crippen molar-refractivity contribution in [2.24, 2.45) is 0 Å². The second-order valence-electron chi connectivity index (χ2n) is 4.32. The average molecular weight is 273 g/mol. The van der Waals surface area contributed by atoms with Gasteiger partial charge >= 0.3 is 0 Å². The quantitative estimate of drug-likeness (QED) is 0.840. The van der Waals surface area contributed by atoms with E-state index in [1.165, 1.54) is 18.2 Å². The lowest BCUT2D eigenvalue weighted by atomic mass is 10.2. The molecule has 0 N–H and O–H groups in total. The Kier molecular flexibility index (Phi) is 3.77. The lowest BCUT2D eigenvalue weighted by Crippen LogP contribution is -1.99. The van der Waals surface area contributed by atoms with Gasteiger partial charge in [0.2, 0.25) is 0 Å². The van der Waals surface area contributed by atoms with Crippen LogP contribution in [-0.2, 0) is 10.8 Å². The van der Waals surface area contributed by atoms with E-state index >= 15 is 0 Å². The van der Waals surface area contributed by atoms with E-state index < -0.39 is 16.6 Å². The molecule has 0 fully saturated rings. The summed E-state index contributed by atoms with van der Waals surface area (Å²) in [6, 6.07) is 11.5. The van der Waals surface area contributed by atoms with Gasteiger partial charge in [0.25, 0.3) is 0 Å². The molecule has 0 amide bonds. The molecule has 0 aliphatic carbocycles. The molecule has 2 rings (SSSR count). The topological polar surface area (TPSA) is 40.9 Å². The third kappa shape index (κ3) is 2.72. The lowest BCUT2D eigenvalue weighted by Gasteiger charge is -2.07. The van der Waals surface area contributed by atoms with Crippen LogP contribution in [0.1, 0.15) is 16.7 Å². The van der Waals surface area contributed by atoms with E-state index in [2.05, 4.69) is 0 Å². The third-order valence-corrected chi connectivity index (χ3v) is 4.10. The van der Waals surface area contributed by atoms with Gasteiger partial charge < -0.3 is 0 Å². The SMILES string of the molecule is Cc1cc(C)cc(S(=O)c2cccc(F)c2C#N)c1. The molecule has 2 aromatic carbocycles. The van der Waals surface area contributed by atoms with Crippen LogP contribution >= 0.6 is 0 Å². The first-order valence-corrected chi connectivity index (χ1v) is 6.86. The van der Waals surface area contributed by atoms with Crippen molar-refractivity contribution in [2.45, 2.75) is 23.6 Å². The Bertz CT molecular complexity index is 684. The fourth-order valence-electron chi connectivity index (χ4n) is 1.93. The van der Waals surface area contributed by atoms with E-state index in [-0.39, 0.29) is 10.5 Å². The summed E-state index contributed by atoms with van der Waals surface area (Å²) in [6.07, 6.45) is 0. The summed E-state index contributed by atoms with van der Waals surface area (Å²) in [6.45, 7) is 3.81. The maximum Gasteiger partial charge on any atom is 0.142 e. The number of rotatable bonds is 2. The van der Waals surface area contributed by atoms with Crippen LogP contribution in [0, 0.1) is 31.0 Å². The molecular weight excluding hydrogens is 261 g/mol. The van der Waals surface area contributed by atoms with Crippen LogP contribution in [0.25, 0.3) is 0 Å². The van der Waals surface area contributed by atoms with Crippen LogP contribution in [-0.4, -0.2) is 4.21 Å². The molecule has 0 radical (unpaired) electrons. The van der Waals surface area contributed by atoms with Gasteiger partial charge in [0.1, 0.15) is 17.4 Å². The van der Waals surface area contributed by atoms with Gasteiger partial charge in [0, 0.05) is 4.90 Å². The summed E-state index contributed by atoms with van der Waals surface area (Å²) in [5.41, 5.74) is 1.82. The van der Waals surface area contributed by atoms with E-state index in [9.17, 15) is 8.60 Å². The van der Waals surface area contributed by atoms with Crippen molar-refractivity contribution < 1.29 is 8.60 Å². The Labute approximate surface area is 114 Å². The van der Waals surface area contributed by atoms with Crippen LogP contribution in [0.2, 0.25) is 0 Å². The fraction of sp³-hybridized carbons (Fsp3) is 0.133. The predicted molar refractivity (Wildman–Crippen MR) is 71.7 cm³/mol. The lowest BCUT2D eigenvalue weighted by molar-refractivity contribution is 0.618. The fourth-order valence-corrected chi connectivity index (χ4v) is 3.30. The van der Waals surface area contributed by atoms with E-state index in [1.54, 1.807) is 18.2 Å². The molecule has 0 bridgehead atoms. The normalized spacial score (nSPS) is 11.9. The molecule has 0 saturated heterocycles. The van der Waals surface area contributed by atoms with Crippen molar-refractivity contribution in [1.82, 2.24) is 0 Å². The van der Waals surface area contributed by atoms with Gasteiger partial charge in [-0.2, -0.15) is 5.26 Å². The second-order valence-corrected chi connectivity index (χ2v) is 5.77. The molecule has 0 aliphatic rings. The molecule has 0 aliphatic heterocycles. The van der Waals surface area contributed by atoms with E-state index in [0.717, 1.165) is 11.1 Å². The van der Waals surface area contributed by atoms with E-state index in [4.69, 9.17) is 5.26 Å². The molecule has 2 aromatic rings. The Balaban J connectivity index is 2.57. The minimum atomic E-state index is -1.55. The Morgan fingerprint density at radius 2 is 1.79 bits per heavy atom. The Morgan fingerprint density at radius 1 is 1.16 bits per heavy atom. The van der Waals surface area contributed by atoms with E-state index in [1.807, 2.05) is 19.9 Å². The van der Waals surface area contributed by atoms with Crippen LogP contribution in [0.3, 0.4) is 0 Å². The van der Waals surface area contributed by atoms with Crippen LogP contribution in [0.5, 0.6) is 0 Å². The summed E-state index contributed by atoms with van der Waals surface area (Å²) in [5, 5.41) is 8.98. The maximum atomic E-state index is 13.5. The Morgan fingerprint density at radius 3 is 2.37 bits per heavy atom. The first kappa shape index (κ1) is 13.4. The molecule has 0 saturated carbocycles. The maximum absolute atomic E-state index is 13.5. The number of aryl methyl sites for hydroxylation is 2. The van der Waals surface area contributed by atoms with Crippen LogP contribution in [0.15, 0.2) is 46.2 Å². The molecule has 4 heteroatoms. The highest BCUT2D eigenvalue weighted by Gasteiger charge is 2.15. The molecule has 96 valence electrons. The van der Waals surface area contributed by atoms with Gasteiger partial charge in [-0.3, -0.25) is 0 Å². The molecular formula is C15H12FNOS. The van der Waals surface area contributed by atoms with Crippen molar-refractivity contribution in [3.8, 4) is 6.07 Å². The van der Waals surface area contributed by atoms with Crippen molar-refractivity contribution >= 4 is 10.8 Å². The smallest absolute Gasteiger partial charge is 0.142 e. The first-order valence-electron chi connectivity index (χ1n) is 5.71. The molecule has 0 heterocycles. The highest BCUT2D eigenvalue weighted by molar-refractivity contribution is 7.85. The number of nitrogens with zero attached hydrogens (tertiary/aromatic N) is 1. The van der Waals surface area contributed by atoms with Crippen LogP contribution < -0.4 is 0 Å². The highest BCUT2D eigenvalue weighted by atomic mass is 32.2. The van der Waals surface area contributed by atoms with Crippen molar-refractivity contribution in [3.05, 3.63) is 58.9 Å². The van der Waals surface area contributed by atoms with Crippen molar-refractivity contribution in [3.63, 3.8) is 0 Å². The number of nitriles is 1. The number of benzene rings is 2. The molecule has 0 spiro atoms. The molecule has 19 heavy (non-hydrogen) atoms. The summed E-state index contributed by atoms with van der Waals surface area (Å²) in [4.78, 5) is 0.798. The van der Waals surface area contributed by atoms with Gasteiger partial charge in [0.15, 0.2) is 0 Å². The minimum Gasteiger partial charge on any atom is -0.249 e. The monoisotopic (exact) mass is 273 g/mol. The van der Waals surface area contributed by atoms with Gasteiger partial charge in [-0.15, -0.1) is 0 Å². The van der Waals surface area contributed by atoms with Crippen molar-refractivity contribution in [2.75, 3.05) is 0 Å². The minimum absolute atomic E-state index is 0.153. The zero-order valence-electron chi connectivity index (χ0n) is 10.6. The number of hydrogen-bond donors (Lipinski definition) is 0. The number of halogens is 1. The highest BCUT2D eigenvalue weighted by Crippen LogP contribution is 2.23. The summed E-state index contributed by atoms with van der Waals surface area (Å²) in [7, 11) is -1.55. The molecule has 2 nitrogen and oxygen atoms in total. The van der Waals surface area contributed by atoms with Crippen LogP contribution in [0.4, 0.5) is 4.39 Å². The summed E-state index contributed by atoms with van der Waals surface area (Å²) >= 11 is 0. The molecule has 1 unspecified atom stereocenters. The Hall–Kier alpha value is -1.99. The van der Waals surface area contributed by atoms with Crippen molar-refractivity contribution in [1.29, 1.82) is 5.26 Å². The summed E-state index contributed by atoms with van der Waals surface area (Å²) in [5.74, 6) is -0.641. The average Bonchev–Trinajstić information content (AvgIpc) is 2.36. The van der Waals surface area contributed by atoms with Gasteiger partial charge in [-0.05, 0) is 49.2 Å². The standard InChI is InChI=1S/C15H12FNOS/c1-10-6-11(2)8-12(7-10)19(18)15-5-3-4-14(16)13(15)9-17/h3-8H,1-2H3. The van der Waals surface area contributed by atoms with Gasteiger partial charge in [0.05, 0.1) is 15.7 Å². The zero-order valence-corrected chi connectivity index (χ0v) is 11.4. The van der Waals surface area contributed by atoms with Gasteiger partial charge in [-0.25, -0.2) is 8.60 Å². The largest absolute Gasteiger partial charge is 0.249 e. The molecule has 1 atom stereocenters. The predicted octanol–water partition coefficient (Wildman–Crippen LogP) is 3.48. The number of hydrogen-bond acceptors (Lipinski definition) is 2. The second kappa shape index (κ2) is 5.33. The third-order valence-electron chi connectivity index (χ3n) is 2.70.